The van der Waals surface area contributed by atoms with Gasteiger partial charge in [-0.1, -0.05) is 0 Å². The minimum atomic E-state index is -1.07. The number of aromatic nitrogens is 1. The SMILES string of the molecule is Cc1cc(NC(=O)N2CCCCC2)c(C(=O)O)[nH]1. The van der Waals surface area contributed by atoms with Crippen molar-refractivity contribution >= 4 is 17.7 Å². The van der Waals surface area contributed by atoms with E-state index in [4.69, 9.17) is 5.11 Å². The number of urea groups is 1. The molecule has 18 heavy (non-hydrogen) atoms. The molecule has 0 unspecified atom stereocenters. The fourth-order valence-electron chi connectivity index (χ4n) is 2.15. The Hall–Kier alpha value is -1.98. The van der Waals surface area contributed by atoms with Crippen LogP contribution in [0.1, 0.15) is 35.4 Å². The summed E-state index contributed by atoms with van der Waals surface area (Å²) in [6.45, 7) is 3.22. The van der Waals surface area contributed by atoms with E-state index >= 15 is 0 Å². The van der Waals surface area contributed by atoms with Crippen molar-refractivity contribution < 1.29 is 14.7 Å². The van der Waals surface area contributed by atoms with Crippen LogP contribution in [0.3, 0.4) is 0 Å². The van der Waals surface area contributed by atoms with Gasteiger partial charge in [0.15, 0.2) is 0 Å². The van der Waals surface area contributed by atoms with Crippen LogP contribution in [-0.4, -0.2) is 40.1 Å². The van der Waals surface area contributed by atoms with Crippen molar-refractivity contribution in [3.63, 3.8) is 0 Å². The quantitative estimate of drug-likeness (QED) is 0.751. The molecule has 6 heteroatoms. The summed E-state index contributed by atoms with van der Waals surface area (Å²) in [4.78, 5) is 27.4. The maximum absolute atomic E-state index is 12.0. The third-order valence-electron chi connectivity index (χ3n) is 3.05. The number of aromatic carboxylic acids is 1. The Bertz CT molecular complexity index is 461. The second-order valence-electron chi connectivity index (χ2n) is 4.52. The third kappa shape index (κ3) is 2.64. The molecule has 1 saturated heterocycles. The molecule has 2 amide bonds. The summed E-state index contributed by atoms with van der Waals surface area (Å²) < 4.78 is 0. The first-order valence-corrected chi connectivity index (χ1v) is 6.07. The molecule has 98 valence electrons. The lowest BCUT2D eigenvalue weighted by Gasteiger charge is -2.26. The molecule has 0 bridgehead atoms. The lowest BCUT2D eigenvalue weighted by molar-refractivity contribution is 0.0692. The molecule has 0 spiro atoms. The first-order chi connectivity index (χ1) is 8.58. The minimum Gasteiger partial charge on any atom is -0.477 e. The number of hydrogen-bond acceptors (Lipinski definition) is 2. The molecular formula is C12H17N3O3. The molecule has 2 heterocycles. The van der Waals surface area contributed by atoms with Crippen LogP contribution in [0.15, 0.2) is 6.07 Å². The Morgan fingerprint density at radius 3 is 2.61 bits per heavy atom. The van der Waals surface area contributed by atoms with Crippen molar-refractivity contribution in [1.82, 2.24) is 9.88 Å². The Morgan fingerprint density at radius 1 is 1.33 bits per heavy atom. The number of rotatable bonds is 2. The van der Waals surface area contributed by atoms with Crippen molar-refractivity contribution in [2.75, 3.05) is 18.4 Å². The molecule has 0 radical (unpaired) electrons. The predicted octanol–water partition coefficient (Wildman–Crippen LogP) is 2.04. The normalized spacial score (nSPS) is 15.5. The molecule has 0 aliphatic carbocycles. The number of carbonyl (C=O) groups excluding carboxylic acids is 1. The Kier molecular flexibility index (Phi) is 3.55. The van der Waals surface area contributed by atoms with E-state index in [1.807, 2.05) is 0 Å². The zero-order valence-corrected chi connectivity index (χ0v) is 10.3. The predicted molar refractivity (Wildman–Crippen MR) is 66.9 cm³/mol. The van der Waals surface area contributed by atoms with Crippen LogP contribution in [0.25, 0.3) is 0 Å². The largest absolute Gasteiger partial charge is 0.477 e. The van der Waals surface area contributed by atoms with Gasteiger partial charge in [-0.15, -0.1) is 0 Å². The lowest BCUT2D eigenvalue weighted by Crippen LogP contribution is -2.38. The highest BCUT2D eigenvalue weighted by Gasteiger charge is 2.20. The molecule has 0 atom stereocenters. The van der Waals surface area contributed by atoms with E-state index in [2.05, 4.69) is 10.3 Å². The van der Waals surface area contributed by atoms with E-state index in [0.717, 1.165) is 32.4 Å². The summed E-state index contributed by atoms with van der Waals surface area (Å²) in [6, 6.07) is 1.40. The van der Waals surface area contributed by atoms with Gasteiger partial charge in [0.05, 0.1) is 5.69 Å². The zero-order valence-electron chi connectivity index (χ0n) is 10.3. The first kappa shape index (κ1) is 12.5. The van der Waals surface area contributed by atoms with Gasteiger partial charge >= 0.3 is 12.0 Å². The number of nitrogens with zero attached hydrogens (tertiary/aromatic N) is 1. The average Bonchev–Trinajstić information content (AvgIpc) is 2.71. The van der Waals surface area contributed by atoms with Crippen molar-refractivity contribution in [3.8, 4) is 0 Å². The monoisotopic (exact) mass is 251 g/mol. The molecule has 6 nitrogen and oxygen atoms in total. The Morgan fingerprint density at radius 2 is 2.00 bits per heavy atom. The fourth-order valence-corrected chi connectivity index (χ4v) is 2.15. The number of aromatic amines is 1. The van der Waals surface area contributed by atoms with Crippen molar-refractivity contribution in [3.05, 3.63) is 17.5 Å². The first-order valence-electron chi connectivity index (χ1n) is 6.07. The highest BCUT2D eigenvalue weighted by atomic mass is 16.4. The number of anilines is 1. The number of nitrogens with one attached hydrogen (secondary N) is 2. The van der Waals surface area contributed by atoms with Crippen LogP contribution >= 0.6 is 0 Å². The average molecular weight is 251 g/mol. The van der Waals surface area contributed by atoms with Gasteiger partial charge in [0.1, 0.15) is 5.69 Å². The lowest BCUT2D eigenvalue weighted by atomic mass is 10.1. The van der Waals surface area contributed by atoms with Gasteiger partial charge in [0.25, 0.3) is 0 Å². The van der Waals surface area contributed by atoms with E-state index < -0.39 is 5.97 Å². The topological polar surface area (TPSA) is 85.4 Å². The Labute approximate surface area is 105 Å². The number of likely N-dealkylation sites (tertiary alicyclic amines) is 1. The van der Waals surface area contributed by atoms with E-state index in [1.165, 1.54) is 0 Å². The number of carboxylic acid groups (broad SMARTS) is 1. The molecule has 0 saturated carbocycles. The second-order valence-corrected chi connectivity index (χ2v) is 4.52. The molecule has 0 aromatic carbocycles. The van der Waals surface area contributed by atoms with Crippen LogP contribution in [-0.2, 0) is 0 Å². The summed E-state index contributed by atoms with van der Waals surface area (Å²) in [6.07, 6.45) is 3.16. The number of carbonyl (C=O) groups is 2. The van der Waals surface area contributed by atoms with Gasteiger partial charge in [0.2, 0.25) is 0 Å². The molecule has 2 rings (SSSR count). The summed E-state index contributed by atoms with van der Waals surface area (Å²) in [7, 11) is 0. The van der Waals surface area contributed by atoms with Gasteiger partial charge < -0.3 is 20.3 Å². The fraction of sp³-hybridized carbons (Fsp3) is 0.500. The minimum absolute atomic E-state index is 0.0258. The molecule has 1 fully saturated rings. The van der Waals surface area contributed by atoms with E-state index in [9.17, 15) is 9.59 Å². The molecule has 1 aliphatic rings. The van der Waals surface area contributed by atoms with Crippen LogP contribution in [0.2, 0.25) is 0 Å². The maximum Gasteiger partial charge on any atom is 0.354 e. The molecule has 3 N–H and O–H groups in total. The van der Waals surface area contributed by atoms with Crippen LogP contribution < -0.4 is 5.32 Å². The van der Waals surface area contributed by atoms with Gasteiger partial charge in [-0.2, -0.15) is 0 Å². The Balaban J connectivity index is 2.08. The van der Waals surface area contributed by atoms with E-state index in [-0.39, 0.29) is 11.7 Å². The van der Waals surface area contributed by atoms with Crippen LogP contribution in [0.5, 0.6) is 0 Å². The standard InChI is InChI=1S/C12H17N3O3/c1-8-7-9(10(13-8)11(16)17)14-12(18)15-5-3-2-4-6-15/h7,13H,2-6H2,1H3,(H,14,18)(H,16,17). The number of hydrogen-bond donors (Lipinski definition) is 3. The van der Waals surface area contributed by atoms with Crippen LogP contribution in [0, 0.1) is 6.92 Å². The summed E-state index contributed by atoms with van der Waals surface area (Å²) in [5.41, 5.74) is 1.06. The third-order valence-corrected chi connectivity index (χ3v) is 3.05. The van der Waals surface area contributed by atoms with Crippen molar-refractivity contribution in [2.45, 2.75) is 26.2 Å². The number of H-pyrrole nitrogens is 1. The van der Waals surface area contributed by atoms with Gasteiger partial charge in [-0.3, -0.25) is 0 Å². The number of carboxylic acids is 1. The highest BCUT2D eigenvalue weighted by Crippen LogP contribution is 2.18. The van der Waals surface area contributed by atoms with Gasteiger partial charge in [0, 0.05) is 18.8 Å². The number of amides is 2. The van der Waals surface area contributed by atoms with Gasteiger partial charge in [-0.25, -0.2) is 9.59 Å². The smallest absolute Gasteiger partial charge is 0.354 e. The summed E-state index contributed by atoms with van der Waals surface area (Å²) >= 11 is 0. The summed E-state index contributed by atoms with van der Waals surface area (Å²) in [5.74, 6) is -1.07. The maximum atomic E-state index is 12.0. The molecule has 1 aromatic heterocycles. The highest BCUT2D eigenvalue weighted by molar-refractivity contribution is 5.99. The molecule has 1 aromatic rings. The van der Waals surface area contributed by atoms with Crippen molar-refractivity contribution in [1.29, 1.82) is 0 Å². The van der Waals surface area contributed by atoms with E-state index in [0.29, 0.717) is 11.4 Å². The molecular weight excluding hydrogens is 234 g/mol. The second kappa shape index (κ2) is 5.12. The number of aryl methyl sites for hydroxylation is 1. The molecule has 1 aliphatic heterocycles. The van der Waals surface area contributed by atoms with Crippen molar-refractivity contribution in [2.24, 2.45) is 0 Å². The zero-order chi connectivity index (χ0) is 13.1. The van der Waals surface area contributed by atoms with Gasteiger partial charge in [-0.05, 0) is 32.3 Å². The summed E-state index contributed by atoms with van der Waals surface area (Å²) in [5, 5.41) is 11.7. The van der Waals surface area contributed by atoms with Crippen LogP contribution in [0.4, 0.5) is 10.5 Å². The van der Waals surface area contributed by atoms with E-state index in [1.54, 1.807) is 17.9 Å². The number of piperidine rings is 1.